The monoisotopic (exact) mass is 595 g/mol. The van der Waals surface area contributed by atoms with E-state index in [2.05, 4.69) is 5.32 Å². The third kappa shape index (κ3) is 15.3. The van der Waals surface area contributed by atoms with E-state index < -0.39 is 74.0 Å². The maximum absolute atomic E-state index is 11.3. The van der Waals surface area contributed by atoms with Gasteiger partial charge in [0, 0.05) is 13.1 Å². The highest BCUT2D eigenvalue weighted by atomic mass is 35.5. The molecule has 0 saturated carbocycles. The standard InChI is InChI=1S/C19H41N3O11.3ClH/c1-2-10(19(20)33)21-4-3-5-22(6-11(25)15(29)17(31)13(27)8-23)7-12(26)16(30)18(32)14(28)9-24;;;/h10-18,21,23-32H,2-9H2,1H3,(H2,20,33);3*1H/t10?,11-,12-,13+,14+,15+,16+,17+,18+;;;/m0.../s1. The summed E-state index contributed by atoms with van der Waals surface area (Å²) < 4.78 is 0. The average Bonchev–Trinajstić information content (AvgIpc) is 2.80. The van der Waals surface area contributed by atoms with Gasteiger partial charge in [0.25, 0.3) is 0 Å². The van der Waals surface area contributed by atoms with Crippen LogP contribution in [0.1, 0.15) is 19.8 Å². The number of amides is 1. The smallest absolute Gasteiger partial charge is 0.234 e. The van der Waals surface area contributed by atoms with Crippen LogP contribution in [0.5, 0.6) is 0 Å². The third-order valence-electron chi connectivity index (χ3n) is 5.33. The summed E-state index contributed by atoms with van der Waals surface area (Å²) in [7, 11) is 0. The van der Waals surface area contributed by atoms with E-state index in [1.807, 2.05) is 0 Å². The molecule has 13 N–H and O–H groups in total. The van der Waals surface area contributed by atoms with Crippen molar-refractivity contribution in [3.63, 3.8) is 0 Å². The van der Waals surface area contributed by atoms with Crippen molar-refractivity contribution in [3.8, 4) is 0 Å². The number of rotatable bonds is 19. The molecule has 1 unspecified atom stereocenters. The molecule has 0 aliphatic carbocycles. The fourth-order valence-electron chi connectivity index (χ4n) is 3.15. The predicted octanol–water partition coefficient (Wildman–Crippen LogP) is -5.33. The lowest BCUT2D eigenvalue weighted by Crippen LogP contribution is -2.53. The number of halogens is 3. The molecule has 36 heavy (non-hydrogen) atoms. The lowest BCUT2D eigenvalue weighted by atomic mass is 10.0. The number of nitrogens with one attached hydrogen (secondary N) is 1. The summed E-state index contributed by atoms with van der Waals surface area (Å²) in [5, 5.41) is 99.8. The van der Waals surface area contributed by atoms with Gasteiger partial charge < -0.3 is 62.1 Å². The van der Waals surface area contributed by atoms with Crippen molar-refractivity contribution in [1.29, 1.82) is 0 Å². The second kappa shape index (κ2) is 22.8. The summed E-state index contributed by atoms with van der Waals surface area (Å²) in [5.74, 6) is -0.528. The first-order valence-corrected chi connectivity index (χ1v) is 10.8. The van der Waals surface area contributed by atoms with E-state index in [0.717, 1.165) is 0 Å². The molecule has 0 fully saturated rings. The number of hydrogen-bond donors (Lipinski definition) is 12. The van der Waals surface area contributed by atoms with E-state index >= 15 is 0 Å². The molecule has 0 spiro atoms. The molecule has 0 aromatic rings. The Morgan fingerprint density at radius 3 is 1.42 bits per heavy atom. The quantitative estimate of drug-likeness (QED) is 0.0622. The Bertz CT molecular complexity index is 518. The van der Waals surface area contributed by atoms with Crippen molar-refractivity contribution in [1.82, 2.24) is 10.2 Å². The summed E-state index contributed by atoms with van der Waals surface area (Å²) in [4.78, 5) is 12.7. The molecular formula is C19H44Cl3N3O11. The van der Waals surface area contributed by atoms with Crippen LogP contribution in [0, 0.1) is 0 Å². The van der Waals surface area contributed by atoms with Gasteiger partial charge in [0.2, 0.25) is 5.91 Å². The first kappa shape index (κ1) is 42.9. The Kier molecular flexibility index (Phi) is 27.2. The fraction of sp³-hybridized carbons (Fsp3) is 0.947. The van der Waals surface area contributed by atoms with E-state index in [1.54, 1.807) is 6.92 Å². The fourth-order valence-corrected chi connectivity index (χ4v) is 3.15. The van der Waals surface area contributed by atoms with Crippen molar-refractivity contribution in [3.05, 3.63) is 0 Å². The van der Waals surface area contributed by atoms with Crippen LogP contribution >= 0.6 is 37.2 Å². The highest BCUT2D eigenvalue weighted by Crippen LogP contribution is 2.11. The van der Waals surface area contributed by atoms with Gasteiger partial charge in [-0.05, 0) is 25.9 Å². The van der Waals surface area contributed by atoms with Gasteiger partial charge in [-0.3, -0.25) is 9.69 Å². The summed E-state index contributed by atoms with van der Waals surface area (Å²) in [5.41, 5.74) is 5.26. The van der Waals surface area contributed by atoms with Crippen LogP contribution in [-0.2, 0) is 4.79 Å². The molecular weight excluding hydrogens is 553 g/mol. The van der Waals surface area contributed by atoms with Gasteiger partial charge in [0.05, 0.1) is 31.5 Å². The Morgan fingerprint density at radius 2 is 1.11 bits per heavy atom. The van der Waals surface area contributed by atoms with E-state index in [-0.39, 0.29) is 56.9 Å². The molecule has 0 radical (unpaired) electrons. The second-order valence-electron chi connectivity index (χ2n) is 8.03. The van der Waals surface area contributed by atoms with Crippen molar-refractivity contribution in [2.45, 2.75) is 74.6 Å². The van der Waals surface area contributed by atoms with Crippen LogP contribution in [0.4, 0.5) is 0 Å². The molecule has 9 atom stereocenters. The van der Waals surface area contributed by atoms with Gasteiger partial charge >= 0.3 is 0 Å². The topological polar surface area (TPSA) is 261 Å². The molecule has 14 nitrogen and oxygen atoms in total. The number of aliphatic hydroxyl groups excluding tert-OH is 10. The summed E-state index contributed by atoms with van der Waals surface area (Å²) in [6, 6.07) is -0.552. The SMILES string of the molecule is CCC(NCCCN(C[C@H](O)[C@@H](O)[C@H](O)[C@H](O)CO)C[C@H](O)[C@@H](O)[C@H](O)[C@H](O)CO)C(N)=O.Cl.Cl.Cl. The van der Waals surface area contributed by atoms with Crippen LogP contribution in [-0.4, -0.2) is 156 Å². The van der Waals surface area contributed by atoms with E-state index in [1.165, 1.54) is 4.90 Å². The Balaban J connectivity index is -0.00000171. The number of aliphatic hydroxyl groups is 10. The minimum absolute atomic E-state index is 0. The van der Waals surface area contributed by atoms with Gasteiger partial charge in [0.1, 0.15) is 36.6 Å². The Hall–Kier alpha value is -0.140. The largest absolute Gasteiger partial charge is 0.394 e. The highest BCUT2D eigenvalue weighted by Gasteiger charge is 2.34. The number of carbonyl (C=O) groups is 1. The highest BCUT2D eigenvalue weighted by molar-refractivity contribution is 5.86. The third-order valence-corrected chi connectivity index (χ3v) is 5.33. The average molecular weight is 597 g/mol. The number of carbonyl (C=O) groups excluding carboxylic acids is 1. The van der Waals surface area contributed by atoms with E-state index in [4.69, 9.17) is 15.9 Å². The molecule has 0 rings (SSSR count). The number of primary amides is 1. The molecule has 1 amide bonds. The van der Waals surface area contributed by atoms with Crippen LogP contribution < -0.4 is 11.1 Å². The van der Waals surface area contributed by atoms with Crippen LogP contribution in [0.25, 0.3) is 0 Å². The number of hydrogen-bond acceptors (Lipinski definition) is 13. The van der Waals surface area contributed by atoms with E-state index in [9.17, 15) is 45.6 Å². The summed E-state index contributed by atoms with van der Waals surface area (Å²) in [6.07, 6.45) is -13.3. The molecule has 17 heteroatoms. The van der Waals surface area contributed by atoms with Gasteiger partial charge in [-0.25, -0.2) is 0 Å². The molecule has 0 aliphatic rings. The van der Waals surface area contributed by atoms with Crippen molar-refractivity contribution >= 4 is 43.1 Å². The molecule has 0 bridgehead atoms. The minimum Gasteiger partial charge on any atom is -0.394 e. The van der Waals surface area contributed by atoms with Crippen molar-refractivity contribution in [2.75, 3.05) is 39.4 Å². The second-order valence-corrected chi connectivity index (χ2v) is 8.03. The maximum atomic E-state index is 11.3. The van der Waals surface area contributed by atoms with Gasteiger partial charge in [-0.2, -0.15) is 0 Å². The number of nitrogens with two attached hydrogens (primary N) is 1. The first-order chi connectivity index (χ1) is 15.4. The predicted molar refractivity (Wildman–Crippen MR) is 136 cm³/mol. The lowest BCUT2D eigenvalue weighted by molar-refractivity contribution is -0.130. The molecule has 0 heterocycles. The van der Waals surface area contributed by atoms with Crippen LogP contribution in [0.2, 0.25) is 0 Å². The van der Waals surface area contributed by atoms with Crippen LogP contribution in [0.15, 0.2) is 0 Å². The van der Waals surface area contributed by atoms with Crippen LogP contribution in [0.3, 0.4) is 0 Å². The molecule has 0 saturated heterocycles. The van der Waals surface area contributed by atoms with Gasteiger partial charge in [0.15, 0.2) is 0 Å². The summed E-state index contributed by atoms with van der Waals surface area (Å²) >= 11 is 0. The van der Waals surface area contributed by atoms with Crippen molar-refractivity contribution in [2.24, 2.45) is 5.73 Å². The molecule has 0 aromatic carbocycles. The van der Waals surface area contributed by atoms with E-state index in [0.29, 0.717) is 19.4 Å². The zero-order chi connectivity index (χ0) is 25.7. The van der Waals surface area contributed by atoms with Crippen molar-refractivity contribution < 1.29 is 55.9 Å². The van der Waals surface area contributed by atoms with Gasteiger partial charge in [-0.15, -0.1) is 37.2 Å². The molecule has 0 aliphatic heterocycles. The zero-order valence-corrected chi connectivity index (χ0v) is 22.4. The molecule has 222 valence electrons. The number of nitrogens with zero attached hydrogens (tertiary/aromatic N) is 1. The van der Waals surface area contributed by atoms with Gasteiger partial charge in [-0.1, -0.05) is 6.92 Å². The summed E-state index contributed by atoms with van der Waals surface area (Å²) in [6.45, 7) is -0.191. The molecule has 0 aromatic heterocycles. The first-order valence-electron chi connectivity index (χ1n) is 10.8. The maximum Gasteiger partial charge on any atom is 0.234 e. The Morgan fingerprint density at radius 1 is 0.750 bits per heavy atom. The Labute approximate surface area is 229 Å². The minimum atomic E-state index is -1.86. The lowest BCUT2D eigenvalue weighted by Gasteiger charge is -2.33. The zero-order valence-electron chi connectivity index (χ0n) is 20.0. The normalized spacial score (nSPS) is 18.8.